The highest BCUT2D eigenvalue weighted by atomic mass is 32.1. The van der Waals surface area contributed by atoms with Gasteiger partial charge in [0.25, 0.3) is 5.91 Å². The summed E-state index contributed by atoms with van der Waals surface area (Å²) in [5, 5.41) is 6.07. The molecule has 0 saturated carbocycles. The molecule has 4 nitrogen and oxygen atoms in total. The zero-order valence-electron chi connectivity index (χ0n) is 15.4. The van der Waals surface area contributed by atoms with Crippen LogP contribution in [-0.4, -0.2) is 42.0 Å². The Bertz CT molecular complexity index is 985. The Morgan fingerprint density at radius 3 is 2.62 bits per heavy atom. The van der Waals surface area contributed by atoms with Crippen LogP contribution in [0.2, 0.25) is 0 Å². The number of halogens is 3. The van der Waals surface area contributed by atoms with Crippen molar-refractivity contribution in [3.8, 4) is 11.3 Å². The highest BCUT2D eigenvalue weighted by molar-refractivity contribution is 7.14. The Balaban J connectivity index is 1.50. The predicted octanol–water partition coefficient (Wildman–Crippen LogP) is 5.24. The molecule has 0 spiro atoms. The molecule has 0 atom stereocenters. The summed E-state index contributed by atoms with van der Waals surface area (Å²) in [7, 11) is 0. The van der Waals surface area contributed by atoms with Gasteiger partial charge in [0, 0.05) is 42.5 Å². The van der Waals surface area contributed by atoms with Gasteiger partial charge in [-0.15, -0.1) is 11.3 Å². The molecular formula is C20H18F3N3OS2. The van der Waals surface area contributed by atoms with Crippen LogP contribution in [0.3, 0.4) is 0 Å². The lowest BCUT2D eigenvalue weighted by molar-refractivity contribution is -0.137. The van der Waals surface area contributed by atoms with Gasteiger partial charge in [0.05, 0.1) is 16.8 Å². The number of carbonyl (C=O) groups excluding carboxylic acids is 1. The molecule has 3 heterocycles. The number of hydrogen-bond acceptors (Lipinski definition) is 5. The van der Waals surface area contributed by atoms with Crippen LogP contribution in [0.25, 0.3) is 11.3 Å². The maximum absolute atomic E-state index is 13.3. The fourth-order valence-electron chi connectivity index (χ4n) is 3.37. The fraction of sp³-hybridized carbons (Fsp3) is 0.300. The van der Waals surface area contributed by atoms with Crippen LogP contribution < -0.4 is 4.90 Å². The topological polar surface area (TPSA) is 36.4 Å². The number of rotatable bonds is 3. The van der Waals surface area contributed by atoms with Crippen LogP contribution in [0.4, 0.5) is 18.3 Å². The zero-order valence-corrected chi connectivity index (χ0v) is 17.0. The number of benzene rings is 1. The Morgan fingerprint density at radius 1 is 1.03 bits per heavy atom. The van der Waals surface area contributed by atoms with E-state index in [4.69, 9.17) is 0 Å². The van der Waals surface area contributed by atoms with Crippen LogP contribution in [0.5, 0.6) is 0 Å². The van der Waals surface area contributed by atoms with Gasteiger partial charge >= 0.3 is 6.18 Å². The van der Waals surface area contributed by atoms with Gasteiger partial charge in [0.15, 0.2) is 5.13 Å². The molecule has 0 aliphatic carbocycles. The molecule has 2 aromatic heterocycles. The highest BCUT2D eigenvalue weighted by Gasteiger charge is 2.34. The van der Waals surface area contributed by atoms with Crippen molar-refractivity contribution >= 4 is 33.7 Å². The fourth-order valence-corrected chi connectivity index (χ4v) is 4.88. The third-order valence-electron chi connectivity index (χ3n) is 4.82. The van der Waals surface area contributed by atoms with Gasteiger partial charge in [-0.05, 0) is 23.9 Å². The number of alkyl halides is 3. The molecule has 0 N–H and O–H groups in total. The normalized spacial score (nSPS) is 15.4. The average molecular weight is 438 g/mol. The molecule has 1 fully saturated rings. The molecule has 3 aromatic rings. The van der Waals surface area contributed by atoms with Gasteiger partial charge in [0.2, 0.25) is 0 Å². The lowest BCUT2D eigenvalue weighted by Crippen LogP contribution is -2.35. The Labute approximate surface area is 174 Å². The van der Waals surface area contributed by atoms with Gasteiger partial charge < -0.3 is 9.80 Å². The van der Waals surface area contributed by atoms with Crippen molar-refractivity contribution in [1.29, 1.82) is 0 Å². The van der Waals surface area contributed by atoms with Gasteiger partial charge in [-0.2, -0.15) is 24.5 Å². The SMILES string of the molecule is O=C(c1ccsc1)N1CCCN(c2nc(-c3ccccc3C(F)(F)F)cs2)CC1. The summed E-state index contributed by atoms with van der Waals surface area (Å²) in [6.45, 7) is 2.52. The second-order valence-electron chi connectivity index (χ2n) is 6.70. The van der Waals surface area contributed by atoms with E-state index in [-0.39, 0.29) is 11.5 Å². The first-order chi connectivity index (χ1) is 13.9. The molecule has 0 unspecified atom stereocenters. The zero-order chi connectivity index (χ0) is 20.4. The summed E-state index contributed by atoms with van der Waals surface area (Å²) in [5.41, 5.74) is 0.434. The maximum Gasteiger partial charge on any atom is 0.417 e. The Kier molecular flexibility index (Phi) is 5.60. The number of thiazole rings is 1. The molecule has 1 aliphatic rings. The largest absolute Gasteiger partial charge is 0.417 e. The Hall–Kier alpha value is -2.39. The number of carbonyl (C=O) groups is 1. The van der Waals surface area contributed by atoms with Gasteiger partial charge in [-0.25, -0.2) is 4.98 Å². The predicted molar refractivity (Wildman–Crippen MR) is 110 cm³/mol. The second kappa shape index (κ2) is 8.16. The van der Waals surface area contributed by atoms with Crippen LogP contribution in [0.15, 0.2) is 46.5 Å². The van der Waals surface area contributed by atoms with Gasteiger partial charge in [-0.1, -0.05) is 18.2 Å². The molecule has 1 saturated heterocycles. The average Bonchev–Trinajstić information content (AvgIpc) is 3.35. The third kappa shape index (κ3) is 4.30. The smallest absolute Gasteiger partial charge is 0.346 e. The second-order valence-corrected chi connectivity index (χ2v) is 8.32. The minimum atomic E-state index is -4.43. The number of aromatic nitrogens is 1. The molecule has 0 bridgehead atoms. The molecule has 29 heavy (non-hydrogen) atoms. The van der Waals surface area contributed by atoms with Crippen molar-refractivity contribution in [2.75, 3.05) is 31.1 Å². The molecule has 1 aliphatic heterocycles. The first-order valence-electron chi connectivity index (χ1n) is 9.12. The summed E-state index contributed by atoms with van der Waals surface area (Å²) >= 11 is 2.82. The minimum absolute atomic E-state index is 0.0204. The van der Waals surface area contributed by atoms with E-state index in [0.29, 0.717) is 42.6 Å². The highest BCUT2D eigenvalue weighted by Crippen LogP contribution is 2.38. The summed E-state index contributed by atoms with van der Waals surface area (Å²) < 4.78 is 39.9. The van der Waals surface area contributed by atoms with E-state index < -0.39 is 11.7 Å². The number of hydrogen-bond donors (Lipinski definition) is 0. The molecule has 9 heteroatoms. The standard InChI is InChI=1S/C20H18F3N3OS2/c21-20(22,23)16-5-2-1-4-15(16)17-13-29-19(24-17)26-8-3-7-25(9-10-26)18(27)14-6-11-28-12-14/h1-2,4-6,11-13H,3,7-10H2. The van der Waals surface area contributed by atoms with Crippen LogP contribution in [-0.2, 0) is 6.18 Å². The molecular weight excluding hydrogens is 419 g/mol. The van der Waals surface area contributed by atoms with E-state index in [2.05, 4.69) is 4.98 Å². The number of nitrogens with zero attached hydrogens (tertiary/aromatic N) is 3. The molecule has 4 rings (SSSR count). The quantitative estimate of drug-likeness (QED) is 0.562. The number of amides is 1. The van der Waals surface area contributed by atoms with Crippen molar-refractivity contribution in [3.05, 3.63) is 57.6 Å². The van der Waals surface area contributed by atoms with E-state index in [1.54, 1.807) is 11.4 Å². The minimum Gasteiger partial charge on any atom is -0.346 e. The first-order valence-corrected chi connectivity index (χ1v) is 10.9. The number of anilines is 1. The number of thiophene rings is 1. The molecule has 1 amide bonds. The monoisotopic (exact) mass is 437 g/mol. The van der Waals surface area contributed by atoms with Crippen LogP contribution in [0, 0.1) is 0 Å². The summed E-state index contributed by atoms with van der Waals surface area (Å²) in [6, 6.07) is 7.32. The summed E-state index contributed by atoms with van der Waals surface area (Å²) in [5.74, 6) is 0.0204. The van der Waals surface area contributed by atoms with Gasteiger partial charge in [0.1, 0.15) is 0 Å². The Morgan fingerprint density at radius 2 is 1.86 bits per heavy atom. The van der Waals surface area contributed by atoms with Crippen molar-refractivity contribution < 1.29 is 18.0 Å². The first kappa shape index (κ1) is 19.9. The van der Waals surface area contributed by atoms with Gasteiger partial charge in [-0.3, -0.25) is 4.79 Å². The van der Waals surface area contributed by atoms with E-state index >= 15 is 0 Å². The maximum atomic E-state index is 13.3. The third-order valence-corrected chi connectivity index (χ3v) is 6.41. The lowest BCUT2D eigenvalue weighted by Gasteiger charge is -2.21. The van der Waals surface area contributed by atoms with E-state index in [1.165, 1.54) is 34.8 Å². The molecule has 0 radical (unpaired) electrons. The van der Waals surface area contributed by atoms with Crippen molar-refractivity contribution in [2.24, 2.45) is 0 Å². The van der Waals surface area contributed by atoms with E-state index in [0.717, 1.165) is 12.5 Å². The van der Waals surface area contributed by atoms with Crippen LogP contribution in [0.1, 0.15) is 22.3 Å². The van der Waals surface area contributed by atoms with E-state index in [1.807, 2.05) is 26.6 Å². The van der Waals surface area contributed by atoms with Crippen molar-refractivity contribution in [3.63, 3.8) is 0 Å². The van der Waals surface area contributed by atoms with Crippen molar-refractivity contribution in [2.45, 2.75) is 12.6 Å². The van der Waals surface area contributed by atoms with Crippen LogP contribution >= 0.6 is 22.7 Å². The van der Waals surface area contributed by atoms with E-state index in [9.17, 15) is 18.0 Å². The molecule has 152 valence electrons. The molecule has 1 aromatic carbocycles. The summed E-state index contributed by atoms with van der Waals surface area (Å²) in [4.78, 5) is 20.9. The lowest BCUT2D eigenvalue weighted by atomic mass is 10.1. The summed E-state index contributed by atoms with van der Waals surface area (Å²) in [6.07, 6.45) is -3.64. The van der Waals surface area contributed by atoms with Crippen molar-refractivity contribution in [1.82, 2.24) is 9.88 Å².